The van der Waals surface area contributed by atoms with Gasteiger partial charge in [-0.3, -0.25) is 14.1 Å². The maximum Gasteiger partial charge on any atom is 0.387 e. The molecule has 1 aliphatic rings. The number of morpholine rings is 1. The summed E-state index contributed by atoms with van der Waals surface area (Å²) < 4.78 is 42.2. The van der Waals surface area contributed by atoms with Crippen molar-refractivity contribution in [1.82, 2.24) is 24.6 Å². The highest BCUT2D eigenvalue weighted by atomic mass is 19.3. The zero-order valence-electron chi connectivity index (χ0n) is 22.7. The van der Waals surface area contributed by atoms with Crippen LogP contribution in [-0.4, -0.2) is 84.4 Å². The highest BCUT2D eigenvalue weighted by molar-refractivity contribution is 5.96. The van der Waals surface area contributed by atoms with Gasteiger partial charge in [0.05, 0.1) is 38.3 Å². The van der Waals surface area contributed by atoms with Gasteiger partial charge in [0.25, 0.3) is 5.91 Å². The maximum atomic E-state index is 12.7. The molecule has 3 heterocycles. The monoisotopic (exact) mass is 566 g/mol. The van der Waals surface area contributed by atoms with Gasteiger partial charge in [0.2, 0.25) is 0 Å². The van der Waals surface area contributed by atoms with Gasteiger partial charge in [-0.2, -0.15) is 8.78 Å². The summed E-state index contributed by atoms with van der Waals surface area (Å²) in [5.74, 6) is 0.457. The van der Waals surface area contributed by atoms with E-state index < -0.39 is 6.61 Å². The van der Waals surface area contributed by atoms with Crippen molar-refractivity contribution in [3.05, 3.63) is 72.2 Å². The van der Waals surface area contributed by atoms with Gasteiger partial charge in [-0.25, -0.2) is 9.97 Å². The van der Waals surface area contributed by atoms with Crippen LogP contribution in [0.1, 0.15) is 15.9 Å². The van der Waals surface area contributed by atoms with Gasteiger partial charge in [-0.05, 0) is 55.0 Å². The summed E-state index contributed by atoms with van der Waals surface area (Å²) in [5.41, 5.74) is 4.28. The molecule has 1 saturated heterocycles. The van der Waals surface area contributed by atoms with Gasteiger partial charge in [0.15, 0.2) is 11.5 Å². The molecular formula is C29H32F2N6O4. The molecular weight excluding hydrogens is 534 g/mol. The van der Waals surface area contributed by atoms with Gasteiger partial charge in [-0.15, -0.1) is 0 Å². The first kappa shape index (κ1) is 28.4. The SMILES string of the molecule is Cc1cc(Nc2nccn3c(-c4ccc(OC(F)F)cc4)cnc23)ccc1C(=O)NCCOCCN1CCOCC1. The number of halogens is 2. The van der Waals surface area contributed by atoms with E-state index in [4.69, 9.17) is 9.47 Å². The minimum Gasteiger partial charge on any atom is -0.435 e. The molecule has 10 nitrogen and oxygen atoms in total. The number of carbonyl (C=O) groups is 1. The summed E-state index contributed by atoms with van der Waals surface area (Å²) >= 11 is 0. The number of alkyl halides is 2. The molecule has 12 heteroatoms. The largest absolute Gasteiger partial charge is 0.435 e. The Morgan fingerprint density at radius 3 is 2.66 bits per heavy atom. The lowest BCUT2D eigenvalue weighted by molar-refractivity contribution is -0.0498. The number of nitrogens with one attached hydrogen (secondary N) is 2. The van der Waals surface area contributed by atoms with E-state index >= 15 is 0 Å². The van der Waals surface area contributed by atoms with Crippen LogP contribution in [0.4, 0.5) is 20.3 Å². The summed E-state index contributed by atoms with van der Waals surface area (Å²) in [4.78, 5) is 24.0. The molecule has 41 heavy (non-hydrogen) atoms. The van der Waals surface area contributed by atoms with E-state index in [1.807, 2.05) is 23.5 Å². The Morgan fingerprint density at radius 1 is 1.10 bits per heavy atom. The van der Waals surface area contributed by atoms with Crippen molar-refractivity contribution >= 4 is 23.1 Å². The number of aromatic nitrogens is 3. The summed E-state index contributed by atoms with van der Waals surface area (Å²) in [6, 6.07) is 11.8. The van der Waals surface area contributed by atoms with Gasteiger partial charge < -0.3 is 24.8 Å². The van der Waals surface area contributed by atoms with Crippen LogP contribution in [0.15, 0.2) is 61.1 Å². The van der Waals surface area contributed by atoms with Crippen molar-refractivity contribution in [3.8, 4) is 17.0 Å². The van der Waals surface area contributed by atoms with Crippen LogP contribution < -0.4 is 15.4 Å². The van der Waals surface area contributed by atoms with Gasteiger partial charge in [0.1, 0.15) is 5.75 Å². The molecule has 0 atom stereocenters. The van der Waals surface area contributed by atoms with Gasteiger partial charge >= 0.3 is 6.61 Å². The fourth-order valence-corrected chi connectivity index (χ4v) is 4.61. The molecule has 4 aromatic rings. The Hall–Kier alpha value is -4.13. The third kappa shape index (κ3) is 7.34. The normalized spacial score (nSPS) is 14.0. The maximum absolute atomic E-state index is 12.7. The van der Waals surface area contributed by atoms with Crippen molar-refractivity contribution in [1.29, 1.82) is 0 Å². The number of hydrogen-bond donors (Lipinski definition) is 2. The number of rotatable bonds is 12. The van der Waals surface area contributed by atoms with Crippen LogP contribution in [0, 0.1) is 6.92 Å². The standard InChI is InChI=1S/C29H32F2N6O4/c1-20-18-22(4-7-24(20)28(38)33-9-14-39-15-11-36-12-16-40-17-13-36)35-26-27-34-19-25(37(27)10-8-32-26)21-2-5-23(6-3-21)41-29(30)31/h2-8,10,18-19,29H,9,11-17H2,1H3,(H,32,35)(H,33,38). The minimum atomic E-state index is -2.88. The van der Waals surface area contributed by atoms with Crippen LogP contribution in [0.5, 0.6) is 5.75 Å². The lowest BCUT2D eigenvalue weighted by Crippen LogP contribution is -2.38. The summed E-state index contributed by atoms with van der Waals surface area (Å²) in [6.45, 7) is 4.74. The molecule has 0 spiro atoms. The topological polar surface area (TPSA) is 102 Å². The number of benzene rings is 2. The number of fused-ring (bicyclic) bond motifs is 1. The Morgan fingerprint density at radius 2 is 1.90 bits per heavy atom. The number of carbonyl (C=O) groups excluding carboxylic acids is 1. The van der Waals surface area contributed by atoms with Gasteiger partial charge in [-0.1, -0.05) is 0 Å². The predicted octanol–water partition coefficient (Wildman–Crippen LogP) is 4.13. The molecule has 2 N–H and O–H groups in total. The quantitative estimate of drug-likeness (QED) is 0.247. The van der Waals surface area contributed by atoms with Crippen molar-refractivity contribution < 1.29 is 27.8 Å². The first-order valence-corrected chi connectivity index (χ1v) is 13.4. The molecule has 1 aliphatic heterocycles. The highest BCUT2D eigenvalue weighted by Gasteiger charge is 2.14. The predicted molar refractivity (Wildman–Crippen MR) is 150 cm³/mol. The number of imidazole rings is 1. The van der Waals surface area contributed by atoms with Crippen LogP contribution in [0.2, 0.25) is 0 Å². The molecule has 0 saturated carbocycles. The smallest absolute Gasteiger partial charge is 0.387 e. The summed E-state index contributed by atoms with van der Waals surface area (Å²) in [6.07, 6.45) is 5.11. The third-order valence-corrected chi connectivity index (χ3v) is 6.72. The van der Waals surface area contributed by atoms with Crippen LogP contribution in [-0.2, 0) is 9.47 Å². The molecule has 0 aliphatic carbocycles. The van der Waals surface area contributed by atoms with E-state index in [-0.39, 0.29) is 11.7 Å². The number of hydrogen-bond acceptors (Lipinski definition) is 8. The molecule has 5 rings (SSSR count). The van der Waals surface area contributed by atoms with Gasteiger partial charge in [0, 0.05) is 55.4 Å². The average Bonchev–Trinajstić information content (AvgIpc) is 3.41. The third-order valence-electron chi connectivity index (χ3n) is 6.72. The van der Waals surface area contributed by atoms with Crippen LogP contribution in [0.25, 0.3) is 16.9 Å². The minimum absolute atomic E-state index is 0.0851. The molecule has 0 unspecified atom stereocenters. The highest BCUT2D eigenvalue weighted by Crippen LogP contribution is 2.27. The van der Waals surface area contributed by atoms with E-state index in [9.17, 15) is 13.6 Å². The lowest BCUT2D eigenvalue weighted by atomic mass is 10.1. The Bertz CT molecular complexity index is 1460. The number of amides is 1. The second-order valence-corrected chi connectivity index (χ2v) is 9.49. The van der Waals surface area contributed by atoms with E-state index in [2.05, 4.69) is 30.2 Å². The zero-order chi connectivity index (χ0) is 28.6. The molecule has 0 radical (unpaired) electrons. The van der Waals surface area contributed by atoms with E-state index in [0.29, 0.717) is 36.8 Å². The molecule has 1 fully saturated rings. The molecule has 2 aromatic carbocycles. The molecule has 216 valence electrons. The zero-order valence-corrected chi connectivity index (χ0v) is 22.7. The lowest BCUT2D eigenvalue weighted by Gasteiger charge is -2.26. The first-order valence-electron chi connectivity index (χ1n) is 13.4. The average molecular weight is 567 g/mol. The summed E-state index contributed by atoms with van der Waals surface area (Å²) in [7, 11) is 0. The first-order chi connectivity index (χ1) is 20.0. The number of ether oxygens (including phenoxy) is 3. The number of anilines is 2. The van der Waals surface area contributed by atoms with Crippen molar-refractivity contribution in [2.45, 2.75) is 13.5 Å². The Balaban J connectivity index is 1.17. The number of nitrogens with zero attached hydrogens (tertiary/aromatic N) is 4. The van der Waals surface area contributed by atoms with E-state index in [0.717, 1.165) is 55.4 Å². The Kier molecular flexibility index (Phi) is 9.34. The van der Waals surface area contributed by atoms with E-state index in [1.165, 1.54) is 12.1 Å². The van der Waals surface area contributed by atoms with Crippen molar-refractivity contribution in [3.63, 3.8) is 0 Å². The van der Waals surface area contributed by atoms with E-state index in [1.54, 1.807) is 36.8 Å². The van der Waals surface area contributed by atoms with Crippen LogP contribution >= 0.6 is 0 Å². The fraction of sp³-hybridized carbons (Fsp3) is 0.345. The van der Waals surface area contributed by atoms with Crippen molar-refractivity contribution in [2.75, 3.05) is 57.9 Å². The second kappa shape index (κ2) is 13.5. The molecule has 1 amide bonds. The number of aryl methyl sites for hydroxylation is 1. The van der Waals surface area contributed by atoms with Crippen LogP contribution in [0.3, 0.4) is 0 Å². The molecule has 0 bridgehead atoms. The molecule has 2 aromatic heterocycles. The van der Waals surface area contributed by atoms with Crippen molar-refractivity contribution in [2.24, 2.45) is 0 Å². The fourth-order valence-electron chi connectivity index (χ4n) is 4.61. The Labute approximate surface area is 236 Å². The summed E-state index contributed by atoms with van der Waals surface area (Å²) in [5, 5.41) is 6.20. The second-order valence-electron chi connectivity index (χ2n) is 9.49.